The van der Waals surface area contributed by atoms with Gasteiger partial charge in [-0.05, 0) is 68.8 Å². The number of carbonyl (C=O) groups excluding carboxylic acids is 2. The van der Waals surface area contributed by atoms with Crippen molar-refractivity contribution in [3.8, 4) is 0 Å². The molecule has 1 heterocycles. The molecule has 29 heavy (non-hydrogen) atoms. The van der Waals surface area contributed by atoms with E-state index in [4.69, 9.17) is 4.74 Å². The van der Waals surface area contributed by atoms with Gasteiger partial charge in [0.1, 0.15) is 5.69 Å². The number of nitrogens with zero attached hydrogens (tertiary/aromatic N) is 1. The van der Waals surface area contributed by atoms with Crippen molar-refractivity contribution < 1.29 is 14.3 Å². The minimum Gasteiger partial charge on any atom is -0.462 e. The smallest absolute Gasteiger partial charge is 0.338 e. The standard InChI is InChI=1S/C23H23N3O3/c1-4-29-23(28)17-6-8-18(9-7-17)26-22(27)21-12-10-19(14-24-21)25-20-11-5-15(2)13-16(20)3/h5-14,25H,4H2,1-3H3,(H,26,27). The Morgan fingerprint density at radius 1 is 0.966 bits per heavy atom. The normalized spacial score (nSPS) is 10.3. The Bertz CT molecular complexity index is 1010. The number of carbonyl (C=O) groups is 2. The molecule has 0 fully saturated rings. The van der Waals surface area contributed by atoms with Crippen LogP contribution in [0.3, 0.4) is 0 Å². The molecule has 0 radical (unpaired) electrons. The van der Waals surface area contributed by atoms with E-state index in [9.17, 15) is 9.59 Å². The molecule has 0 saturated heterocycles. The summed E-state index contributed by atoms with van der Waals surface area (Å²) in [6, 6.07) is 16.2. The molecule has 3 aromatic rings. The Hall–Kier alpha value is -3.67. The van der Waals surface area contributed by atoms with Crippen molar-refractivity contribution >= 4 is 28.9 Å². The molecular weight excluding hydrogens is 366 g/mol. The first-order valence-corrected chi connectivity index (χ1v) is 9.35. The number of hydrogen-bond donors (Lipinski definition) is 2. The van der Waals surface area contributed by atoms with Crippen LogP contribution in [-0.2, 0) is 4.74 Å². The predicted octanol–water partition coefficient (Wildman–Crippen LogP) is 4.87. The SMILES string of the molecule is CCOC(=O)c1ccc(NC(=O)c2ccc(Nc3ccc(C)cc3C)cn2)cc1. The minimum absolute atomic E-state index is 0.297. The van der Waals surface area contributed by atoms with E-state index in [1.807, 2.05) is 25.1 Å². The minimum atomic E-state index is -0.390. The van der Waals surface area contributed by atoms with Crippen LogP contribution in [0.5, 0.6) is 0 Å². The molecule has 6 heteroatoms. The van der Waals surface area contributed by atoms with Crippen LogP contribution in [0.25, 0.3) is 0 Å². The third-order valence-electron chi connectivity index (χ3n) is 4.31. The lowest BCUT2D eigenvalue weighted by molar-refractivity contribution is 0.0526. The maximum absolute atomic E-state index is 12.4. The third kappa shape index (κ3) is 5.19. The Morgan fingerprint density at radius 2 is 1.69 bits per heavy atom. The molecule has 2 aromatic carbocycles. The molecule has 0 spiro atoms. The van der Waals surface area contributed by atoms with Gasteiger partial charge in [-0.2, -0.15) is 0 Å². The molecule has 0 unspecified atom stereocenters. The average molecular weight is 389 g/mol. The van der Waals surface area contributed by atoms with E-state index in [0.717, 1.165) is 16.9 Å². The lowest BCUT2D eigenvalue weighted by Gasteiger charge is -2.11. The Morgan fingerprint density at radius 3 is 2.31 bits per heavy atom. The van der Waals surface area contributed by atoms with Crippen LogP contribution in [0.4, 0.5) is 17.1 Å². The molecule has 0 saturated carbocycles. The van der Waals surface area contributed by atoms with Crippen LogP contribution in [0.2, 0.25) is 0 Å². The zero-order valence-electron chi connectivity index (χ0n) is 16.7. The van der Waals surface area contributed by atoms with Gasteiger partial charge in [-0.25, -0.2) is 9.78 Å². The second-order valence-corrected chi connectivity index (χ2v) is 6.63. The first-order valence-electron chi connectivity index (χ1n) is 9.35. The molecule has 3 rings (SSSR count). The molecule has 1 aromatic heterocycles. The van der Waals surface area contributed by atoms with Gasteiger partial charge in [0.05, 0.1) is 24.1 Å². The summed E-state index contributed by atoms with van der Waals surface area (Å²) in [6.45, 7) is 6.16. The van der Waals surface area contributed by atoms with Gasteiger partial charge in [0.2, 0.25) is 0 Å². The summed E-state index contributed by atoms with van der Waals surface area (Å²) >= 11 is 0. The van der Waals surface area contributed by atoms with Crippen LogP contribution in [-0.4, -0.2) is 23.5 Å². The van der Waals surface area contributed by atoms with E-state index >= 15 is 0 Å². The molecule has 0 aliphatic carbocycles. The van der Waals surface area contributed by atoms with E-state index in [0.29, 0.717) is 23.6 Å². The second kappa shape index (κ2) is 9.01. The number of anilines is 3. The fraction of sp³-hybridized carbons (Fsp3) is 0.174. The molecule has 0 atom stereocenters. The highest BCUT2D eigenvalue weighted by Crippen LogP contribution is 2.21. The number of aromatic nitrogens is 1. The Balaban J connectivity index is 1.63. The van der Waals surface area contributed by atoms with E-state index in [2.05, 4.69) is 28.6 Å². The van der Waals surface area contributed by atoms with Crippen molar-refractivity contribution in [1.82, 2.24) is 4.98 Å². The zero-order valence-corrected chi connectivity index (χ0v) is 16.7. The second-order valence-electron chi connectivity index (χ2n) is 6.63. The lowest BCUT2D eigenvalue weighted by Crippen LogP contribution is -2.14. The van der Waals surface area contributed by atoms with Crippen molar-refractivity contribution in [2.75, 3.05) is 17.2 Å². The van der Waals surface area contributed by atoms with E-state index in [1.165, 1.54) is 5.56 Å². The Kier molecular flexibility index (Phi) is 6.24. The van der Waals surface area contributed by atoms with Crippen molar-refractivity contribution in [3.05, 3.63) is 83.2 Å². The highest BCUT2D eigenvalue weighted by Gasteiger charge is 2.10. The predicted molar refractivity (Wildman–Crippen MR) is 114 cm³/mol. The molecule has 2 N–H and O–H groups in total. The van der Waals surface area contributed by atoms with E-state index in [-0.39, 0.29) is 11.9 Å². The van der Waals surface area contributed by atoms with Crippen molar-refractivity contribution in [2.24, 2.45) is 0 Å². The van der Waals surface area contributed by atoms with Crippen LogP contribution in [0.1, 0.15) is 38.9 Å². The van der Waals surface area contributed by atoms with Gasteiger partial charge in [-0.15, -0.1) is 0 Å². The first-order chi connectivity index (χ1) is 14.0. The van der Waals surface area contributed by atoms with Gasteiger partial charge in [-0.1, -0.05) is 17.7 Å². The molecule has 148 valence electrons. The number of aryl methyl sites for hydroxylation is 2. The summed E-state index contributed by atoms with van der Waals surface area (Å²) in [5.74, 6) is -0.717. The summed E-state index contributed by atoms with van der Waals surface area (Å²) in [7, 11) is 0. The monoisotopic (exact) mass is 389 g/mol. The molecule has 0 aliphatic heterocycles. The number of amides is 1. The topological polar surface area (TPSA) is 80.3 Å². The van der Waals surface area contributed by atoms with Gasteiger partial charge in [0.25, 0.3) is 5.91 Å². The number of rotatable bonds is 6. The number of benzene rings is 2. The number of hydrogen-bond acceptors (Lipinski definition) is 5. The van der Waals surface area contributed by atoms with Crippen LogP contribution < -0.4 is 10.6 Å². The first kappa shape index (κ1) is 20.1. The molecular formula is C23H23N3O3. The molecule has 6 nitrogen and oxygen atoms in total. The quantitative estimate of drug-likeness (QED) is 0.588. The summed E-state index contributed by atoms with van der Waals surface area (Å²) in [4.78, 5) is 28.3. The highest BCUT2D eigenvalue weighted by atomic mass is 16.5. The summed E-state index contributed by atoms with van der Waals surface area (Å²) in [5, 5.41) is 6.07. The summed E-state index contributed by atoms with van der Waals surface area (Å²) < 4.78 is 4.94. The van der Waals surface area contributed by atoms with Crippen LogP contribution >= 0.6 is 0 Å². The van der Waals surface area contributed by atoms with Gasteiger partial charge < -0.3 is 15.4 Å². The fourth-order valence-corrected chi connectivity index (χ4v) is 2.81. The number of esters is 1. The average Bonchev–Trinajstić information content (AvgIpc) is 2.71. The van der Waals surface area contributed by atoms with Gasteiger partial charge in [-0.3, -0.25) is 4.79 Å². The lowest BCUT2D eigenvalue weighted by atomic mass is 10.1. The van der Waals surface area contributed by atoms with Crippen LogP contribution in [0.15, 0.2) is 60.8 Å². The van der Waals surface area contributed by atoms with Crippen molar-refractivity contribution in [1.29, 1.82) is 0 Å². The molecule has 0 bridgehead atoms. The number of ether oxygens (including phenoxy) is 1. The van der Waals surface area contributed by atoms with Gasteiger partial charge >= 0.3 is 5.97 Å². The van der Waals surface area contributed by atoms with E-state index in [1.54, 1.807) is 43.5 Å². The third-order valence-corrected chi connectivity index (χ3v) is 4.31. The van der Waals surface area contributed by atoms with Gasteiger partial charge in [0.15, 0.2) is 0 Å². The fourth-order valence-electron chi connectivity index (χ4n) is 2.81. The van der Waals surface area contributed by atoms with Crippen molar-refractivity contribution in [2.45, 2.75) is 20.8 Å². The number of nitrogens with one attached hydrogen (secondary N) is 2. The van der Waals surface area contributed by atoms with E-state index < -0.39 is 0 Å². The zero-order chi connectivity index (χ0) is 20.8. The Labute approximate surface area is 169 Å². The molecule has 0 aliphatic rings. The van der Waals surface area contributed by atoms with Crippen LogP contribution in [0, 0.1) is 13.8 Å². The summed E-state index contributed by atoms with van der Waals surface area (Å²) in [5.41, 5.74) is 5.44. The maximum atomic E-state index is 12.4. The summed E-state index contributed by atoms with van der Waals surface area (Å²) in [6.07, 6.45) is 1.62. The maximum Gasteiger partial charge on any atom is 0.338 e. The highest BCUT2D eigenvalue weighted by molar-refractivity contribution is 6.03. The largest absolute Gasteiger partial charge is 0.462 e. The molecule has 1 amide bonds. The van der Waals surface area contributed by atoms with Crippen molar-refractivity contribution in [3.63, 3.8) is 0 Å². The van der Waals surface area contributed by atoms with Gasteiger partial charge in [0, 0.05) is 11.4 Å². The number of pyridine rings is 1.